The highest BCUT2D eigenvalue weighted by molar-refractivity contribution is 7.12. The van der Waals surface area contributed by atoms with Gasteiger partial charge in [-0.2, -0.15) is 26.3 Å². The molecular formula is C18H10ClF6N4O2S+. The number of hydrogen-bond donors (Lipinski definition) is 3. The van der Waals surface area contributed by atoms with Gasteiger partial charge in [0.1, 0.15) is 10.4 Å². The lowest BCUT2D eigenvalue weighted by atomic mass is 9.88. The summed E-state index contributed by atoms with van der Waals surface area (Å²) in [5.41, 5.74) is -9.74. The van der Waals surface area contributed by atoms with Gasteiger partial charge < -0.3 is 0 Å². The largest absolute Gasteiger partial charge is 0.446 e. The van der Waals surface area contributed by atoms with Crippen molar-refractivity contribution in [2.45, 2.75) is 17.9 Å². The highest BCUT2D eigenvalue weighted by Crippen LogP contribution is 2.48. The number of halogens is 7. The monoisotopic (exact) mass is 495 g/mol. The minimum absolute atomic E-state index is 0.0103. The van der Waals surface area contributed by atoms with Crippen molar-refractivity contribution >= 4 is 34.6 Å². The molecule has 1 aromatic carbocycles. The Bertz CT molecular complexity index is 1310. The van der Waals surface area contributed by atoms with Crippen LogP contribution in [0.5, 0.6) is 0 Å². The predicted molar refractivity (Wildman–Crippen MR) is 104 cm³/mol. The van der Waals surface area contributed by atoms with Crippen molar-refractivity contribution in [1.82, 2.24) is 9.55 Å². The summed E-state index contributed by atoms with van der Waals surface area (Å²) in [5.74, 6) is -1.65. The fourth-order valence-corrected chi connectivity index (χ4v) is 4.18. The first-order chi connectivity index (χ1) is 14.9. The van der Waals surface area contributed by atoms with Crippen LogP contribution in [0.3, 0.4) is 0 Å². The van der Waals surface area contributed by atoms with Gasteiger partial charge in [0.15, 0.2) is 0 Å². The molecule has 0 saturated carbocycles. The Morgan fingerprint density at radius 2 is 1.62 bits per heavy atom. The summed E-state index contributed by atoms with van der Waals surface area (Å²) in [6, 6.07) is 7.68. The molecule has 2 aromatic heterocycles. The van der Waals surface area contributed by atoms with E-state index in [-0.39, 0.29) is 15.6 Å². The molecule has 1 aliphatic heterocycles. The van der Waals surface area contributed by atoms with Gasteiger partial charge >= 0.3 is 23.6 Å². The molecule has 3 heterocycles. The molecule has 0 aliphatic carbocycles. The number of H-pyrrole nitrogens is 1. The van der Waals surface area contributed by atoms with Crippen molar-refractivity contribution in [3.63, 3.8) is 0 Å². The molecule has 0 bridgehead atoms. The molecule has 14 heteroatoms. The molecule has 0 saturated heterocycles. The topological polar surface area (TPSA) is 80.9 Å². The predicted octanol–water partition coefficient (Wildman–Crippen LogP) is 2.51. The van der Waals surface area contributed by atoms with E-state index < -0.39 is 46.4 Å². The first kappa shape index (κ1) is 22.1. The summed E-state index contributed by atoms with van der Waals surface area (Å²) >= 11 is 6.64. The summed E-state index contributed by atoms with van der Waals surface area (Å²) in [6.07, 6.45) is -12.0. The van der Waals surface area contributed by atoms with Crippen LogP contribution < -0.4 is 21.6 Å². The zero-order valence-corrected chi connectivity index (χ0v) is 16.9. The number of thiophene rings is 1. The van der Waals surface area contributed by atoms with Gasteiger partial charge in [-0.25, -0.2) is 19.7 Å². The highest BCUT2D eigenvalue weighted by atomic mass is 35.5. The molecule has 3 N–H and O–H groups in total. The van der Waals surface area contributed by atoms with E-state index in [4.69, 9.17) is 11.6 Å². The van der Waals surface area contributed by atoms with E-state index >= 15 is 0 Å². The minimum Gasteiger partial charge on any atom is -0.273 e. The number of anilines is 1. The van der Waals surface area contributed by atoms with Crippen molar-refractivity contribution in [3.05, 3.63) is 78.1 Å². The quantitative estimate of drug-likeness (QED) is 0.478. The Labute approximate surface area is 182 Å². The highest BCUT2D eigenvalue weighted by Gasteiger charge is 2.78. The Morgan fingerprint density at radius 3 is 2.16 bits per heavy atom. The Balaban J connectivity index is 2.18. The van der Waals surface area contributed by atoms with E-state index in [1.54, 1.807) is 4.98 Å². The second kappa shape index (κ2) is 7.24. The van der Waals surface area contributed by atoms with Crippen molar-refractivity contribution in [2.24, 2.45) is 0 Å². The third-order valence-electron chi connectivity index (χ3n) is 4.74. The first-order valence-electron chi connectivity index (χ1n) is 8.62. The zero-order chi connectivity index (χ0) is 23.5. The molecule has 0 amide bonds. The number of hydrogen-bond acceptors (Lipinski definition) is 4. The Morgan fingerprint density at radius 1 is 1.00 bits per heavy atom. The standard InChI is InChI=1S/C18H9ClF6N4O2S/c19-8-3-5-9(6-4-8)29-13-11(14(30)27-15(29)31)16(17(20,21)22,18(23,24)25)28-12(26-13)10-2-1-7-32-10/h1-7H,(H,26,28)(H,27,30,31)/p+1. The summed E-state index contributed by atoms with van der Waals surface area (Å²) in [4.78, 5) is 28.0. The van der Waals surface area contributed by atoms with Gasteiger partial charge in [-0.15, -0.1) is 11.3 Å². The van der Waals surface area contributed by atoms with Crippen LogP contribution in [0.2, 0.25) is 5.02 Å². The van der Waals surface area contributed by atoms with E-state index in [0.29, 0.717) is 4.57 Å². The van der Waals surface area contributed by atoms with Gasteiger partial charge in [0.05, 0.1) is 5.69 Å². The lowest BCUT2D eigenvalue weighted by Crippen LogP contribution is -2.97. The molecule has 168 valence electrons. The number of amidine groups is 1. The second-order valence-corrected chi connectivity index (χ2v) is 8.03. The van der Waals surface area contributed by atoms with Crippen LogP contribution in [-0.2, 0) is 5.54 Å². The first-order valence-corrected chi connectivity index (χ1v) is 9.88. The molecule has 0 fully saturated rings. The van der Waals surface area contributed by atoms with E-state index in [1.165, 1.54) is 46.8 Å². The summed E-state index contributed by atoms with van der Waals surface area (Å²) in [6.45, 7) is 0. The number of nitrogens with zero attached hydrogens (tertiary/aromatic N) is 1. The number of alkyl halides is 6. The molecule has 32 heavy (non-hydrogen) atoms. The molecule has 4 rings (SSSR count). The van der Waals surface area contributed by atoms with Gasteiger partial charge in [0.25, 0.3) is 11.4 Å². The second-order valence-electron chi connectivity index (χ2n) is 6.64. The Kier molecular flexibility index (Phi) is 5.01. The van der Waals surface area contributed by atoms with Crippen LogP contribution >= 0.6 is 22.9 Å². The van der Waals surface area contributed by atoms with Crippen molar-refractivity contribution in [3.8, 4) is 5.69 Å². The maximum Gasteiger partial charge on any atom is 0.446 e. The molecular weight excluding hydrogens is 486 g/mol. The van der Waals surface area contributed by atoms with Gasteiger partial charge in [-0.1, -0.05) is 17.7 Å². The number of fused-ring (bicyclic) bond motifs is 1. The lowest BCUT2D eigenvalue weighted by molar-refractivity contribution is -0.658. The van der Waals surface area contributed by atoms with Gasteiger partial charge in [-0.3, -0.25) is 9.78 Å². The molecule has 0 atom stereocenters. The summed E-state index contributed by atoms with van der Waals surface area (Å²) in [5, 5.41) is 4.04. The summed E-state index contributed by atoms with van der Waals surface area (Å²) < 4.78 is 85.6. The van der Waals surface area contributed by atoms with Gasteiger partial charge in [0, 0.05) is 5.02 Å². The van der Waals surface area contributed by atoms with Gasteiger partial charge in [0.2, 0.25) is 5.82 Å². The average Bonchev–Trinajstić information content (AvgIpc) is 3.21. The van der Waals surface area contributed by atoms with E-state index in [9.17, 15) is 35.9 Å². The van der Waals surface area contributed by atoms with E-state index in [2.05, 4.69) is 5.32 Å². The van der Waals surface area contributed by atoms with Crippen molar-refractivity contribution in [2.75, 3.05) is 5.32 Å². The van der Waals surface area contributed by atoms with Crippen LogP contribution in [0.15, 0.2) is 51.4 Å². The van der Waals surface area contributed by atoms with Crippen LogP contribution in [0, 0.1) is 0 Å². The zero-order valence-electron chi connectivity index (χ0n) is 15.4. The number of benzene rings is 1. The maximum atomic E-state index is 14.2. The third-order valence-corrected chi connectivity index (χ3v) is 5.88. The van der Waals surface area contributed by atoms with Crippen molar-refractivity contribution in [1.29, 1.82) is 0 Å². The number of rotatable bonds is 2. The summed E-state index contributed by atoms with van der Waals surface area (Å²) in [7, 11) is 0. The molecule has 3 aromatic rings. The van der Waals surface area contributed by atoms with E-state index in [1.807, 2.05) is 0 Å². The molecule has 0 unspecified atom stereocenters. The number of nitrogens with one attached hydrogen (secondary N) is 3. The minimum atomic E-state index is -6.01. The maximum absolute atomic E-state index is 14.2. The van der Waals surface area contributed by atoms with Crippen LogP contribution in [0.25, 0.3) is 5.69 Å². The number of aromatic nitrogens is 2. The third kappa shape index (κ3) is 3.23. The average molecular weight is 496 g/mol. The smallest absolute Gasteiger partial charge is 0.273 e. The molecule has 6 nitrogen and oxygen atoms in total. The number of aromatic amines is 1. The Hall–Kier alpha value is -3.06. The molecule has 1 aliphatic rings. The van der Waals surface area contributed by atoms with Gasteiger partial charge in [-0.05, 0) is 35.7 Å². The molecule has 0 spiro atoms. The molecule has 0 radical (unpaired) electrons. The SMILES string of the molecule is O=c1[nH]c(=O)n(-c2ccc(Cl)cc2)c2c1C(C(F)(F)F)(C(F)(F)F)[NH+]=C(c1cccs1)N2. The van der Waals surface area contributed by atoms with Crippen LogP contribution in [0.1, 0.15) is 10.4 Å². The van der Waals surface area contributed by atoms with E-state index in [0.717, 1.165) is 11.3 Å². The van der Waals surface area contributed by atoms with Crippen molar-refractivity contribution < 1.29 is 31.3 Å². The van der Waals surface area contributed by atoms with Crippen LogP contribution in [-0.4, -0.2) is 27.7 Å². The fourth-order valence-electron chi connectivity index (χ4n) is 3.37. The fraction of sp³-hybridized carbons (Fsp3) is 0.167. The normalized spacial score (nSPS) is 15.7. The lowest BCUT2D eigenvalue weighted by Gasteiger charge is -2.35. The van der Waals surface area contributed by atoms with Crippen LogP contribution in [0.4, 0.5) is 32.2 Å².